The second-order valence-corrected chi connectivity index (χ2v) is 5.66. The van der Waals surface area contributed by atoms with Gasteiger partial charge in [-0.2, -0.15) is 0 Å². The molecule has 1 atom stereocenters. The molecular weight excluding hydrogens is 258 g/mol. The van der Waals surface area contributed by atoms with Crippen molar-refractivity contribution in [3.05, 3.63) is 27.4 Å². The van der Waals surface area contributed by atoms with Crippen LogP contribution in [0.5, 0.6) is 0 Å². The first-order valence-corrected chi connectivity index (χ1v) is 7.14. The van der Waals surface area contributed by atoms with Crippen molar-refractivity contribution in [2.75, 3.05) is 13.2 Å². The van der Waals surface area contributed by atoms with E-state index in [-0.39, 0.29) is 29.7 Å². The zero-order chi connectivity index (χ0) is 14.3. The summed E-state index contributed by atoms with van der Waals surface area (Å²) in [5, 5.41) is 9.30. The molecule has 1 aromatic heterocycles. The van der Waals surface area contributed by atoms with Gasteiger partial charge in [-0.1, -0.05) is 0 Å². The minimum Gasteiger partial charge on any atom is -0.394 e. The summed E-state index contributed by atoms with van der Waals surface area (Å²) in [5.74, 6) is 0.738. The summed E-state index contributed by atoms with van der Waals surface area (Å²) in [5.41, 5.74) is 0.256. The van der Waals surface area contributed by atoms with E-state index in [9.17, 15) is 14.7 Å². The van der Waals surface area contributed by atoms with E-state index in [0.717, 1.165) is 25.7 Å². The quantitative estimate of drug-likeness (QED) is 0.845. The number of likely N-dealkylation sites (tertiary alicyclic amines) is 1. The lowest BCUT2D eigenvalue weighted by molar-refractivity contribution is 0.0674. The van der Waals surface area contributed by atoms with Crippen LogP contribution in [-0.4, -0.2) is 45.1 Å². The molecule has 1 aliphatic heterocycles. The van der Waals surface area contributed by atoms with Crippen LogP contribution in [0.15, 0.2) is 4.79 Å². The molecule has 0 bridgehead atoms. The predicted octanol–water partition coefficient (Wildman–Crippen LogP) is 0.553. The van der Waals surface area contributed by atoms with Crippen molar-refractivity contribution in [2.24, 2.45) is 0 Å². The zero-order valence-corrected chi connectivity index (χ0v) is 11.6. The molecule has 1 aromatic rings. The Morgan fingerprint density at radius 1 is 1.45 bits per heavy atom. The van der Waals surface area contributed by atoms with Gasteiger partial charge in [0.25, 0.3) is 11.5 Å². The van der Waals surface area contributed by atoms with Crippen LogP contribution >= 0.6 is 0 Å². The summed E-state index contributed by atoms with van der Waals surface area (Å²) < 4.78 is 0. The molecule has 2 aliphatic rings. The molecule has 6 nitrogen and oxygen atoms in total. The van der Waals surface area contributed by atoms with Crippen LogP contribution in [0.3, 0.4) is 0 Å². The molecule has 1 aliphatic carbocycles. The number of aromatic nitrogens is 2. The van der Waals surface area contributed by atoms with Crippen LogP contribution in [-0.2, 0) is 0 Å². The van der Waals surface area contributed by atoms with E-state index in [1.165, 1.54) is 0 Å². The van der Waals surface area contributed by atoms with Crippen molar-refractivity contribution in [1.29, 1.82) is 0 Å². The van der Waals surface area contributed by atoms with Gasteiger partial charge in [0.05, 0.1) is 18.3 Å². The van der Waals surface area contributed by atoms with Crippen molar-refractivity contribution in [1.82, 2.24) is 14.9 Å². The third-order valence-electron chi connectivity index (χ3n) is 4.15. The maximum Gasteiger partial charge on any atom is 0.264 e. The number of H-pyrrole nitrogens is 1. The molecule has 6 heteroatoms. The van der Waals surface area contributed by atoms with Gasteiger partial charge in [0.15, 0.2) is 0 Å². The molecule has 108 valence electrons. The number of aliphatic hydroxyl groups is 1. The largest absolute Gasteiger partial charge is 0.394 e. The van der Waals surface area contributed by atoms with Gasteiger partial charge in [0.1, 0.15) is 11.4 Å². The van der Waals surface area contributed by atoms with Crippen molar-refractivity contribution >= 4 is 5.91 Å². The average molecular weight is 277 g/mol. The van der Waals surface area contributed by atoms with E-state index < -0.39 is 0 Å². The zero-order valence-electron chi connectivity index (χ0n) is 11.6. The van der Waals surface area contributed by atoms with Crippen molar-refractivity contribution in [3.8, 4) is 0 Å². The number of nitrogens with one attached hydrogen (secondary N) is 1. The van der Waals surface area contributed by atoms with Crippen LogP contribution in [0.25, 0.3) is 0 Å². The fraction of sp³-hybridized carbons (Fsp3) is 0.643. The average Bonchev–Trinajstić information content (AvgIpc) is 3.15. The highest BCUT2D eigenvalue weighted by Gasteiger charge is 2.33. The number of carbonyl (C=O) groups excluding carboxylic acids is 1. The molecular formula is C14H19N3O3. The summed E-state index contributed by atoms with van der Waals surface area (Å²) in [6.07, 6.45) is 3.75. The van der Waals surface area contributed by atoms with Gasteiger partial charge in [-0.05, 0) is 32.6 Å². The summed E-state index contributed by atoms with van der Waals surface area (Å²) in [7, 11) is 0. The molecule has 20 heavy (non-hydrogen) atoms. The van der Waals surface area contributed by atoms with E-state index in [0.29, 0.717) is 24.0 Å². The first kappa shape index (κ1) is 13.3. The van der Waals surface area contributed by atoms with Crippen LogP contribution in [0.2, 0.25) is 0 Å². The van der Waals surface area contributed by atoms with Gasteiger partial charge < -0.3 is 15.0 Å². The topological polar surface area (TPSA) is 86.3 Å². The van der Waals surface area contributed by atoms with Gasteiger partial charge in [0.2, 0.25) is 0 Å². The van der Waals surface area contributed by atoms with Crippen LogP contribution in [0.4, 0.5) is 0 Å². The minimum absolute atomic E-state index is 0.0592. The lowest BCUT2D eigenvalue weighted by Gasteiger charge is -2.23. The van der Waals surface area contributed by atoms with Crippen molar-refractivity contribution < 1.29 is 9.90 Å². The Morgan fingerprint density at radius 3 is 2.80 bits per heavy atom. The molecule has 1 saturated carbocycles. The van der Waals surface area contributed by atoms with Gasteiger partial charge in [-0.3, -0.25) is 9.59 Å². The molecule has 2 N–H and O–H groups in total. The predicted molar refractivity (Wildman–Crippen MR) is 72.7 cm³/mol. The van der Waals surface area contributed by atoms with Crippen molar-refractivity contribution in [2.45, 2.75) is 44.6 Å². The van der Waals surface area contributed by atoms with Gasteiger partial charge >= 0.3 is 0 Å². The first-order chi connectivity index (χ1) is 9.61. The number of aromatic amines is 1. The maximum atomic E-state index is 12.5. The lowest BCUT2D eigenvalue weighted by Crippen LogP contribution is -2.41. The Balaban J connectivity index is 1.93. The molecule has 0 spiro atoms. The molecule has 0 aromatic carbocycles. The number of rotatable bonds is 3. The third-order valence-corrected chi connectivity index (χ3v) is 4.15. The number of aryl methyl sites for hydroxylation is 1. The molecule has 2 fully saturated rings. The number of carbonyl (C=O) groups is 1. The van der Waals surface area contributed by atoms with Gasteiger partial charge in [-0.25, -0.2) is 4.98 Å². The molecule has 0 radical (unpaired) electrons. The minimum atomic E-state index is -0.354. The van der Waals surface area contributed by atoms with Crippen molar-refractivity contribution in [3.63, 3.8) is 0 Å². The standard InChI is InChI=1S/C14H19N3O3/c1-8-11(13(19)16-12(15-8)9-4-5-9)14(20)17-6-2-3-10(17)7-18/h9-10,18H,2-7H2,1H3,(H,15,16,19)/t10-/m1/s1. The Labute approximate surface area is 116 Å². The number of amides is 1. The molecule has 2 heterocycles. The van der Waals surface area contributed by atoms with E-state index in [1.807, 2.05) is 0 Å². The second-order valence-electron chi connectivity index (χ2n) is 5.66. The second kappa shape index (κ2) is 5.01. The van der Waals surface area contributed by atoms with E-state index in [2.05, 4.69) is 9.97 Å². The SMILES string of the molecule is Cc1nc(C2CC2)[nH]c(=O)c1C(=O)N1CCC[C@@H]1CO. The van der Waals surface area contributed by atoms with Crippen LogP contribution in [0.1, 0.15) is 53.5 Å². The van der Waals surface area contributed by atoms with E-state index in [1.54, 1.807) is 11.8 Å². The molecule has 3 rings (SSSR count). The Hall–Kier alpha value is -1.69. The molecule has 1 saturated heterocycles. The van der Waals surface area contributed by atoms with Crippen LogP contribution in [0, 0.1) is 6.92 Å². The smallest absolute Gasteiger partial charge is 0.264 e. The summed E-state index contributed by atoms with van der Waals surface area (Å²) in [6, 6.07) is -0.176. The third kappa shape index (κ3) is 2.24. The number of hydrogen-bond acceptors (Lipinski definition) is 4. The molecule has 1 amide bonds. The highest BCUT2D eigenvalue weighted by molar-refractivity contribution is 5.95. The fourth-order valence-electron chi connectivity index (χ4n) is 2.85. The summed E-state index contributed by atoms with van der Waals surface area (Å²) >= 11 is 0. The normalized spacial score (nSPS) is 22.3. The lowest BCUT2D eigenvalue weighted by atomic mass is 10.1. The van der Waals surface area contributed by atoms with Gasteiger partial charge in [0, 0.05) is 12.5 Å². The fourth-order valence-corrected chi connectivity index (χ4v) is 2.85. The molecule has 0 unspecified atom stereocenters. The Morgan fingerprint density at radius 2 is 2.20 bits per heavy atom. The highest BCUT2D eigenvalue weighted by atomic mass is 16.3. The number of nitrogens with zero attached hydrogens (tertiary/aromatic N) is 2. The van der Waals surface area contributed by atoms with Crippen LogP contribution < -0.4 is 5.56 Å². The first-order valence-electron chi connectivity index (χ1n) is 7.14. The highest BCUT2D eigenvalue weighted by Crippen LogP contribution is 2.37. The maximum absolute atomic E-state index is 12.5. The number of aliphatic hydroxyl groups excluding tert-OH is 1. The monoisotopic (exact) mass is 277 g/mol. The summed E-state index contributed by atoms with van der Waals surface area (Å²) in [6.45, 7) is 2.24. The van der Waals surface area contributed by atoms with E-state index >= 15 is 0 Å². The summed E-state index contributed by atoms with van der Waals surface area (Å²) in [4.78, 5) is 33.4. The number of hydrogen-bond donors (Lipinski definition) is 2. The Bertz CT molecular complexity index is 592. The Kier molecular flexibility index (Phi) is 3.33. The van der Waals surface area contributed by atoms with Gasteiger partial charge in [-0.15, -0.1) is 0 Å². The van der Waals surface area contributed by atoms with E-state index in [4.69, 9.17) is 0 Å².